The lowest BCUT2D eigenvalue weighted by atomic mass is 9.96. The number of carbonyl (C=O) groups is 1. The lowest BCUT2D eigenvalue weighted by Crippen LogP contribution is -2.18. The highest BCUT2D eigenvalue weighted by Gasteiger charge is 2.13. The second-order valence-corrected chi connectivity index (χ2v) is 9.29. The first kappa shape index (κ1) is 21.1. The van der Waals surface area contributed by atoms with Crippen LogP contribution < -0.4 is 4.80 Å². The highest BCUT2D eigenvalue weighted by molar-refractivity contribution is 7.90. The maximum absolute atomic E-state index is 11.5. The maximum Gasteiger partial charge on any atom is 0.503 e. The van der Waals surface area contributed by atoms with E-state index in [4.69, 9.17) is 20.0 Å². The smallest absolute Gasteiger partial charge is 0.450 e. The number of hydrogen-bond acceptors (Lipinski definition) is 6. The summed E-state index contributed by atoms with van der Waals surface area (Å²) in [5.41, 5.74) is 0.920. The second-order valence-electron chi connectivity index (χ2n) is 6.31. The molecule has 0 amide bonds. The van der Waals surface area contributed by atoms with E-state index in [9.17, 15) is 8.42 Å². The lowest BCUT2D eigenvalue weighted by Gasteiger charge is -2.16. The molecule has 0 atom stereocenters. The molecule has 0 unspecified atom stereocenters. The molecule has 1 aromatic carbocycles. The molecule has 1 saturated carbocycles. The third-order valence-corrected chi connectivity index (χ3v) is 6.29. The highest BCUT2D eigenvalue weighted by atomic mass is 32.2. The molecule has 0 saturated heterocycles. The molecule has 2 N–H and O–H groups in total. The summed E-state index contributed by atoms with van der Waals surface area (Å²) in [6.07, 6.45) is 5.55. The van der Waals surface area contributed by atoms with Gasteiger partial charge in [0.15, 0.2) is 9.84 Å². The quantitative estimate of drug-likeness (QED) is 0.798. The SMILES string of the molecule is Cn1nc(-c2ccc(S(C)(=O)=O)cc2)sc1=NC1CCCCC1.O=C(O)O. The van der Waals surface area contributed by atoms with Crippen LogP contribution in [0.15, 0.2) is 34.2 Å². The van der Waals surface area contributed by atoms with E-state index in [0.29, 0.717) is 10.9 Å². The number of aryl methyl sites for hydroxylation is 1. The molecule has 0 bridgehead atoms. The number of aromatic nitrogens is 2. The minimum Gasteiger partial charge on any atom is -0.450 e. The fourth-order valence-corrected chi connectivity index (χ4v) is 4.38. The highest BCUT2D eigenvalue weighted by Crippen LogP contribution is 2.23. The van der Waals surface area contributed by atoms with E-state index >= 15 is 0 Å². The van der Waals surface area contributed by atoms with Crippen molar-refractivity contribution in [3.05, 3.63) is 29.1 Å². The van der Waals surface area contributed by atoms with Crippen molar-refractivity contribution in [3.63, 3.8) is 0 Å². The van der Waals surface area contributed by atoms with Gasteiger partial charge in [0.2, 0.25) is 4.80 Å². The van der Waals surface area contributed by atoms with Gasteiger partial charge in [0.05, 0.1) is 10.9 Å². The Balaban J connectivity index is 0.000000596. The number of sulfone groups is 1. The Labute approximate surface area is 161 Å². The molecule has 1 fully saturated rings. The van der Waals surface area contributed by atoms with Gasteiger partial charge in [-0.2, -0.15) is 5.10 Å². The summed E-state index contributed by atoms with van der Waals surface area (Å²) in [6.45, 7) is 0. The van der Waals surface area contributed by atoms with Gasteiger partial charge in [0.25, 0.3) is 0 Å². The van der Waals surface area contributed by atoms with Crippen molar-refractivity contribution in [3.8, 4) is 10.6 Å². The Bertz CT molecular complexity index is 936. The maximum atomic E-state index is 11.5. The van der Waals surface area contributed by atoms with Gasteiger partial charge in [-0.3, -0.25) is 4.99 Å². The van der Waals surface area contributed by atoms with Crippen LogP contribution in [-0.2, 0) is 16.9 Å². The van der Waals surface area contributed by atoms with Crippen LogP contribution in [0.25, 0.3) is 10.6 Å². The summed E-state index contributed by atoms with van der Waals surface area (Å²) in [4.78, 5) is 14.7. The molecule has 10 heteroatoms. The molecular weight excluding hydrogens is 390 g/mol. The average Bonchev–Trinajstić information content (AvgIpc) is 2.95. The van der Waals surface area contributed by atoms with Gasteiger partial charge in [0, 0.05) is 18.9 Å². The van der Waals surface area contributed by atoms with Gasteiger partial charge >= 0.3 is 6.16 Å². The van der Waals surface area contributed by atoms with E-state index in [1.807, 2.05) is 11.7 Å². The Kier molecular flexibility index (Phi) is 7.14. The average molecular weight is 414 g/mol. The first-order valence-electron chi connectivity index (χ1n) is 8.47. The number of carboxylic acid groups (broad SMARTS) is 2. The Hall–Kier alpha value is -2.20. The Morgan fingerprint density at radius 3 is 2.26 bits per heavy atom. The first-order chi connectivity index (χ1) is 12.7. The van der Waals surface area contributed by atoms with Crippen molar-refractivity contribution in [2.75, 3.05) is 6.26 Å². The Morgan fingerprint density at radius 2 is 1.74 bits per heavy atom. The molecule has 148 valence electrons. The second kappa shape index (κ2) is 9.14. The number of benzene rings is 1. The van der Waals surface area contributed by atoms with Gasteiger partial charge in [-0.25, -0.2) is 17.9 Å². The van der Waals surface area contributed by atoms with Gasteiger partial charge in [-0.15, -0.1) is 0 Å². The van der Waals surface area contributed by atoms with Crippen LogP contribution in [0, 0.1) is 0 Å². The van der Waals surface area contributed by atoms with E-state index in [1.54, 1.807) is 35.6 Å². The molecule has 0 radical (unpaired) electrons. The molecular formula is C17H23N3O5S2. The molecule has 1 heterocycles. The molecule has 27 heavy (non-hydrogen) atoms. The van der Waals surface area contributed by atoms with E-state index < -0.39 is 16.0 Å². The number of rotatable bonds is 3. The summed E-state index contributed by atoms with van der Waals surface area (Å²) in [7, 11) is -1.26. The largest absolute Gasteiger partial charge is 0.503 e. The summed E-state index contributed by atoms with van der Waals surface area (Å²) < 4.78 is 24.9. The predicted octanol–water partition coefficient (Wildman–Crippen LogP) is 3.01. The summed E-state index contributed by atoms with van der Waals surface area (Å²) in [6, 6.07) is 7.28. The van der Waals surface area contributed by atoms with Crippen molar-refractivity contribution >= 4 is 27.3 Å². The van der Waals surface area contributed by atoms with Crippen molar-refractivity contribution < 1.29 is 23.4 Å². The summed E-state index contributed by atoms with van der Waals surface area (Å²) in [5.74, 6) is 0. The molecule has 0 aliphatic heterocycles. The van der Waals surface area contributed by atoms with E-state index in [0.717, 1.165) is 28.2 Å². The zero-order valence-electron chi connectivity index (χ0n) is 15.2. The Morgan fingerprint density at radius 1 is 1.19 bits per heavy atom. The van der Waals surface area contributed by atoms with Gasteiger partial charge in [0.1, 0.15) is 5.01 Å². The summed E-state index contributed by atoms with van der Waals surface area (Å²) in [5, 5.41) is 19.3. The molecule has 1 aromatic heterocycles. The van der Waals surface area contributed by atoms with E-state index in [-0.39, 0.29) is 0 Å². The standard InChI is InChI=1S/C16H21N3O2S2.CH2O3/c1-19-16(17-13-6-4-3-5-7-13)22-15(18-19)12-8-10-14(11-9-12)23(2,20)21;2-1(3)4/h8-11,13H,3-7H2,1-2H3;(H2,2,3,4). The topological polar surface area (TPSA) is 122 Å². The monoisotopic (exact) mass is 413 g/mol. The fourth-order valence-electron chi connectivity index (χ4n) is 2.79. The van der Waals surface area contributed by atoms with Crippen molar-refractivity contribution in [1.29, 1.82) is 0 Å². The molecule has 8 nitrogen and oxygen atoms in total. The van der Waals surface area contributed by atoms with E-state index in [2.05, 4.69) is 5.10 Å². The van der Waals surface area contributed by atoms with Crippen LogP contribution in [0.1, 0.15) is 32.1 Å². The van der Waals surface area contributed by atoms with Crippen LogP contribution in [-0.4, -0.2) is 46.9 Å². The fraction of sp³-hybridized carbons (Fsp3) is 0.471. The molecule has 3 rings (SSSR count). The van der Waals surface area contributed by atoms with Crippen LogP contribution in [0.3, 0.4) is 0 Å². The summed E-state index contributed by atoms with van der Waals surface area (Å²) >= 11 is 1.56. The third-order valence-electron chi connectivity index (χ3n) is 4.10. The van der Waals surface area contributed by atoms with Gasteiger partial charge in [-0.1, -0.05) is 42.7 Å². The molecule has 0 spiro atoms. The van der Waals surface area contributed by atoms with Crippen LogP contribution in [0.4, 0.5) is 4.79 Å². The van der Waals surface area contributed by atoms with Crippen molar-refractivity contribution in [2.24, 2.45) is 12.0 Å². The minimum absolute atomic E-state index is 0.328. The van der Waals surface area contributed by atoms with Crippen LogP contribution in [0.2, 0.25) is 0 Å². The van der Waals surface area contributed by atoms with Crippen LogP contribution in [0.5, 0.6) is 0 Å². The van der Waals surface area contributed by atoms with Gasteiger partial charge in [-0.05, 0) is 25.0 Å². The molecule has 1 aliphatic carbocycles. The van der Waals surface area contributed by atoms with E-state index in [1.165, 1.54) is 25.5 Å². The minimum atomic E-state index is -3.16. The number of hydrogen-bond donors (Lipinski definition) is 2. The normalized spacial score (nSPS) is 15.9. The van der Waals surface area contributed by atoms with Gasteiger partial charge < -0.3 is 10.2 Å². The third kappa shape index (κ3) is 6.47. The number of nitrogens with zero attached hydrogens (tertiary/aromatic N) is 3. The van der Waals surface area contributed by atoms with Crippen molar-refractivity contribution in [1.82, 2.24) is 9.78 Å². The lowest BCUT2D eigenvalue weighted by molar-refractivity contribution is 0.137. The van der Waals surface area contributed by atoms with Crippen molar-refractivity contribution in [2.45, 2.75) is 43.0 Å². The molecule has 2 aromatic rings. The van der Waals surface area contributed by atoms with Crippen LogP contribution >= 0.6 is 11.3 Å². The molecule has 1 aliphatic rings. The predicted molar refractivity (Wildman–Crippen MR) is 103 cm³/mol. The zero-order valence-corrected chi connectivity index (χ0v) is 16.8. The zero-order chi connectivity index (χ0) is 20.0. The first-order valence-corrected chi connectivity index (χ1v) is 11.2.